The van der Waals surface area contributed by atoms with E-state index in [2.05, 4.69) is 15.9 Å². The average molecular weight is 405 g/mol. The molecule has 1 unspecified atom stereocenters. The zero-order valence-electron chi connectivity index (χ0n) is 11.6. The standard InChI is InChI=1S/C16H10BrClF3NO/c17-10-6-5-9(12(18)7-10)8-22-13-4-2-1-3-11(13)14(15(22)23)16(19,20)21/h1-7,14H,8H2. The number of hydrogen-bond acceptors (Lipinski definition) is 1. The molecule has 3 rings (SSSR count). The van der Waals surface area contributed by atoms with Gasteiger partial charge in [-0.2, -0.15) is 13.2 Å². The Hall–Kier alpha value is -1.53. The van der Waals surface area contributed by atoms with E-state index in [1.807, 2.05) is 0 Å². The van der Waals surface area contributed by atoms with Gasteiger partial charge in [0.05, 0.1) is 6.54 Å². The van der Waals surface area contributed by atoms with Crippen LogP contribution in [0.5, 0.6) is 0 Å². The maximum Gasteiger partial charge on any atom is 0.404 e. The molecule has 0 aromatic heterocycles. The van der Waals surface area contributed by atoms with Gasteiger partial charge in [0.15, 0.2) is 5.92 Å². The third kappa shape index (κ3) is 2.97. The topological polar surface area (TPSA) is 20.3 Å². The highest BCUT2D eigenvalue weighted by molar-refractivity contribution is 9.10. The summed E-state index contributed by atoms with van der Waals surface area (Å²) in [7, 11) is 0. The number of carbonyl (C=O) groups is 1. The van der Waals surface area contributed by atoms with Gasteiger partial charge in [-0.3, -0.25) is 4.79 Å². The van der Waals surface area contributed by atoms with Crippen molar-refractivity contribution in [3.05, 3.63) is 63.1 Å². The third-order valence-corrected chi connectivity index (χ3v) is 4.57. The zero-order valence-corrected chi connectivity index (χ0v) is 13.9. The minimum atomic E-state index is -4.62. The number of alkyl halides is 3. The minimum absolute atomic E-state index is 0.00542. The molecule has 1 heterocycles. The summed E-state index contributed by atoms with van der Waals surface area (Å²) in [4.78, 5) is 13.5. The second-order valence-corrected chi connectivity index (χ2v) is 6.52. The molecule has 0 N–H and O–H groups in total. The number of para-hydroxylation sites is 1. The van der Waals surface area contributed by atoms with E-state index in [4.69, 9.17) is 11.6 Å². The largest absolute Gasteiger partial charge is 0.404 e. The van der Waals surface area contributed by atoms with Gasteiger partial charge in [-0.25, -0.2) is 0 Å². The molecule has 0 spiro atoms. The van der Waals surface area contributed by atoms with E-state index in [0.29, 0.717) is 10.6 Å². The number of anilines is 1. The molecule has 2 aromatic rings. The van der Waals surface area contributed by atoms with Crippen molar-refractivity contribution in [3.8, 4) is 0 Å². The van der Waals surface area contributed by atoms with E-state index >= 15 is 0 Å². The summed E-state index contributed by atoms with van der Waals surface area (Å²) in [6.45, 7) is -0.00542. The van der Waals surface area contributed by atoms with Gasteiger partial charge in [0.2, 0.25) is 5.91 Å². The monoisotopic (exact) mass is 403 g/mol. The van der Waals surface area contributed by atoms with Gasteiger partial charge in [0.25, 0.3) is 0 Å². The van der Waals surface area contributed by atoms with Crippen LogP contribution in [-0.4, -0.2) is 12.1 Å². The van der Waals surface area contributed by atoms with E-state index in [-0.39, 0.29) is 17.8 Å². The highest BCUT2D eigenvalue weighted by Crippen LogP contribution is 2.46. The van der Waals surface area contributed by atoms with Crippen LogP contribution in [0.4, 0.5) is 18.9 Å². The summed E-state index contributed by atoms with van der Waals surface area (Å²) in [6, 6.07) is 11.0. The Kier molecular flexibility index (Phi) is 4.14. The van der Waals surface area contributed by atoms with Gasteiger partial charge in [0.1, 0.15) is 0 Å². The molecule has 7 heteroatoms. The first-order valence-electron chi connectivity index (χ1n) is 6.70. The van der Waals surface area contributed by atoms with Gasteiger partial charge >= 0.3 is 6.18 Å². The highest BCUT2D eigenvalue weighted by Gasteiger charge is 2.53. The van der Waals surface area contributed by atoms with E-state index in [1.165, 1.54) is 18.2 Å². The SMILES string of the molecule is O=C1C(C(F)(F)F)c2ccccc2N1Cc1ccc(Br)cc1Cl. The molecule has 0 saturated heterocycles. The van der Waals surface area contributed by atoms with Crippen molar-refractivity contribution in [1.29, 1.82) is 0 Å². The number of amides is 1. The van der Waals surface area contributed by atoms with Crippen LogP contribution in [0.25, 0.3) is 0 Å². The summed E-state index contributed by atoms with van der Waals surface area (Å²) < 4.78 is 40.5. The normalized spacial score (nSPS) is 17.5. The molecule has 2 aromatic carbocycles. The van der Waals surface area contributed by atoms with Crippen LogP contribution in [0.1, 0.15) is 17.0 Å². The van der Waals surface area contributed by atoms with E-state index in [0.717, 1.165) is 9.37 Å². The van der Waals surface area contributed by atoms with Gasteiger partial charge < -0.3 is 4.90 Å². The third-order valence-electron chi connectivity index (χ3n) is 3.72. The molecule has 1 amide bonds. The van der Waals surface area contributed by atoms with Crippen molar-refractivity contribution in [2.45, 2.75) is 18.6 Å². The summed E-state index contributed by atoms with van der Waals surface area (Å²) >= 11 is 9.39. The first-order valence-corrected chi connectivity index (χ1v) is 7.87. The maximum atomic E-state index is 13.3. The molecular formula is C16H10BrClF3NO. The quantitative estimate of drug-likeness (QED) is 0.665. The summed E-state index contributed by atoms with van der Waals surface area (Å²) in [6.07, 6.45) is -4.62. The number of halogens is 5. The van der Waals surface area contributed by atoms with Crippen LogP contribution in [-0.2, 0) is 11.3 Å². The van der Waals surface area contributed by atoms with E-state index in [1.54, 1.807) is 24.3 Å². The van der Waals surface area contributed by atoms with Crippen LogP contribution in [0.15, 0.2) is 46.9 Å². The van der Waals surface area contributed by atoms with E-state index < -0.39 is 18.0 Å². The van der Waals surface area contributed by atoms with Crippen LogP contribution in [0.2, 0.25) is 5.02 Å². The van der Waals surface area contributed by atoms with Crippen LogP contribution >= 0.6 is 27.5 Å². The fraction of sp³-hybridized carbons (Fsp3) is 0.188. The fourth-order valence-corrected chi connectivity index (χ4v) is 3.42. The number of carbonyl (C=O) groups excluding carboxylic acids is 1. The zero-order chi connectivity index (χ0) is 16.8. The maximum absolute atomic E-state index is 13.3. The lowest BCUT2D eigenvalue weighted by Gasteiger charge is -2.19. The number of fused-ring (bicyclic) bond motifs is 1. The molecule has 120 valence electrons. The highest BCUT2D eigenvalue weighted by atomic mass is 79.9. The van der Waals surface area contributed by atoms with Gasteiger partial charge in [-0.1, -0.05) is 51.8 Å². The summed E-state index contributed by atoms with van der Waals surface area (Å²) in [5, 5.41) is 0.389. The summed E-state index contributed by atoms with van der Waals surface area (Å²) in [5.74, 6) is -3.09. The van der Waals surface area contributed by atoms with Crippen molar-refractivity contribution in [2.24, 2.45) is 0 Å². The molecule has 1 atom stereocenters. The van der Waals surface area contributed by atoms with Crippen LogP contribution in [0, 0.1) is 0 Å². The molecule has 0 radical (unpaired) electrons. The second-order valence-electron chi connectivity index (χ2n) is 5.19. The lowest BCUT2D eigenvalue weighted by Crippen LogP contribution is -2.34. The Labute approximate surface area is 144 Å². The van der Waals surface area contributed by atoms with E-state index in [9.17, 15) is 18.0 Å². The molecule has 0 saturated carbocycles. The van der Waals surface area contributed by atoms with Crippen LogP contribution in [0.3, 0.4) is 0 Å². The Morgan fingerprint density at radius 3 is 2.52 bits per heavy atom. The number of hydrogen-bond donors (Lipinski definition) is 0. The van der Waals surface area contributed by atoms with Crippen molar-refractivity contribution in [3.63, 3.8) is 0 Å². The van der Waals surface area contributed by atoms with Gasteiger partial charge in [-0.15, -0.1) is 0 Å². The van der Waals surface area contributed by atoms with Crippen molar-refractivity contribution < 1.29 is 18.0 Å². The molecule has 1 aliphatic rings. The Bertz CT molecular complexity index is 778. The molecular weight excluding hydrogens is 395 g/mol. The van der Waals surface area contributed by atoms with Crippen molar-refractivity contribution in [1.82, 2.24) is 0 Å². The Morgan fingerprint density at radius 2 is 1.87 bits per heavy atom. The first kappa shape index (κ1) is 16.3. The predicted octanol–water partition coefficient (Wildman–Crippen LogP) is 5.30. The number of nitrogens with zero attached hydrogens (tertiary/aromatic N) is 1. The summed E-state index contributed by atoms with van der Waals surface area (Å²) in [5.41, 5.74) is 0.845. The van der Waals surface area contributed by atoms with Crippen LogP contribution < -0.4 is 4.90 Å². The Balaban J connectivity index is 2.02. The lowest BCUT2D eigenvalue weighted by atomic mass is 10.0. The molecule has 1 aliphatic heterocycles. The molecule has 2 nitrogen and oxygen atoms in total. The van der Waals surface area contributed by atoms with Crippen molar-refractivity contribution >= 4 is 39.1 Å². The first-order chi connectivity index (χ1) is 10.8. The molecule has 0 aliphatic carbocycles. The predicted molar refractivity (Wildman–Crippen MR) is 85.6 cm³/mol. The lowest BCUT2D eigenvalue weighted by molar-refractivity contribution is -0.161. The second kappa shape index (κ2) is 5.83. The fourth-order valence-electron chi connectivity index (χ4n) is 2.68. The Morgan fingerprint density at radius 1 is 1.17 bits per heavy atom. The van der Waals surface area contributed by atoms with Gasteiger partial charge in [0, 0.05) is 15.2 Å². The molecule has 0 fully saturated rings. The average Bonchev–Trinajstić information content (AvgIpc) is 2.74. The number of benzene rings is 2. The molecule has 23 heavy (non-hydrogen) atoms. The molecule has 0 bridgehead atoms. The number of rotatable bonds is 2. The smallest absolute Gasteiger partial charge is 0.307 e. The van der Waals surface area contributed by atoms with Crippen molar-refractivity contribution in [2.75, 3.05) is 4.90 Å². The minimum Gasteiger partial charge on any atom is -0.307 e. The van der Waals surface area contributed by atoms with Gasteiger partial charge in [-0.05, 0) is 29.3 Å².